The molecule has 0 fully saturated rings. The van der Waals surface area contributed by atoms with Crippen molar-refractivity contribution in [2.45, 2.75) is 26.2 Å². The van der Waals surface area contributed by atoms with E-state index in [2.05, 4.69) is 184 Å². The zero-order valence-electron chi connectivity index (χ0n) is 28.6. The lowest BCUT2D eigenvalue weighted by molar-refractivity contribution is 0.660. The summed E-state index contributed by atoms with van der Waals surface area (Å²) in [5.41, 5.74) is 12.4. The monoisotopic (exact) mass is 659 g/mol. The maximum atomic E-state index is 4.07. The molecule has 1 aliphatic carbocycles. The summed E-state index contributed by atoms with van der Waals surface area (Å²) >= 11 is 1.80. The molecule has 2 heteroatoms. The second-order valence-electron chi connectivity index (χ2n) is 13.7. The van der Waals surface area contributed by atoms with E-state index >= 15 is 0 Å². The van der Waals surface area contributed by atoms with E-state index in [4.69, 9.17) is 0 Å². The van der Waals surface area contributed by atoms with Crippen molar-refractivity contribution in [1.82, 2.24) is 0 Å². The molecule has 0 atom stereocenters. The summed E-state index contributed by atoms with van der Waals surface area (Å²) < 4.78 is 1.28. The Hall–Kier alpha value is -5.70. The van der Waals surface area contributed by atoms with Crippen molar-refractivity contribution in [3.8, 4) is 22.3 Å². The van der Waals surface area contributed by atoms with Crippen LogP contribution in [0.3, 0.4) is 0 Å². The van der Waals surface area contributed by atoms with E-state index in [0.29, 0.717) is 0 Å². The Bertz CT molecular complexity index is 2650. The van der Waals surface area contributed by atoms with E-state index in [0.717, 1.165) is 11.4 Å². The van der Waals surface area contributed by atoms with Crippen LogP contribution in [0.15, 0.2) is 152 Å². The predicted molar refractivity (Wildman–Crippen MR) is 219 cm³/mol. The smallest absolute Gasteiger partial charge is 0.0543 e. The van der Waals surface area contributed by atoms with Gasteiger partial charge in [-0.2, -0.15) is 0 Å². The maximum absolute atomic E-state index is 4.07. The fraction of sp³-hybridized carbons (Fsp3) is 0.0833. The van der Waals surface area contributed by atoms with Crippen molar-refractivity contribution in [2.24, 2.45) is 0 Å². The first-order chi connectivity index (χ1) is 24.5. The van der Waals surface area contributed by atoms with Gasteiger partial charge >= 0.3 is 0 Å². The molecule has 0 unspecified atom stereocenters. The van der Waals surface area contributed by atoms with Crippen molar-refractivity contribution in [3.63, 3.8) is 0 Å². The third-order valence-electron chi connectivity index (χ3n) is 10.5. The van der Waals surface area contributed by atoms with Crippen molar-refractivity contribution in [3.05, 3.63) is 174 Å². The molecule has 1 heterocycles. The van der Waals surface area contributed by atoms with E-state index in [9.17, 15) is 0 Å². The minimum atomic E-state index is -0.0887. The minimum absolute atomic E-state index is 0.0887. The summed E-state index contributed by atoms with van der Waals surface area (Å²) in [5.74, 6) is 0. The van der Waals surface area contributed by atoms with Gasteiger partial charge in [0.1, 0.15) is 0 Å². The Morgan fingerprint density at radius 2 is 1.32 bits per heavy atom. The molecular formula is C48H37NS. The molecule has 7 aromatic carbocycles. The van der Waals surface area contributed by atoms with Gasteiger partial charge in [0, 0.05) is 37.3 Å². The van der Waals surface area contributed by atoms with Crippen molar-refractivity contribution in [2.75, 3.05) is 4.90 Å². The number of fused-ring (bicyclic) bond motifs is 7. The molecule has 50 heavy (non-hydrogen) atoms. The molecule has 0 saturated heterocycles. The average molecular weight is 660 g/mol. The van der Waals surface area contributed by atoms with E-state index in [1.54, 1.807) is 11.3 Å². The summed E-state index contributed by atoms with van der Waals surface area (Å²) in [6.07, 6.45) is 6.28. The highest BCUT2D eigenvalue weighted by molar-refractivity contribution is 7.20. The number of anilines is 3. The highest BCUT2D eigenvalue weighted by Crippen LogP contribution is 2.54. The molecule has 0 radical (unpaired) electrons. The minimum Gasteiger partial charge on any atom is -0.310 e. The van der Waals surface area contributed by atoms with Crippen LogP contribution in [-0.4, -0.2) is 0 Å². The summed E-state index contributed by atoms with van der Waals surface area (Å²) in [7, 11) is 0. The summed E-state index contributed by atoms with van der Waals surface area (Å²) in [6, 6.07) is 51.8. The summed E-state index contributed by atoms with van der Waals surface area (Å²) in [4.78, 5) is 3.68. The Morgan fingerprint density at radius 3 is 2.14 bits per heavy atom. The third-order valence-corrected chi connectivity index (χ3v) is 11.7. The van der Waals surface area contributed by atoms with Crippen LogP contribution >= 0.6 is 11.3 Å². The van der Waals surface area contributed by atoms with Crippen LogP contribution in [0, 0.1) is 0 Å². The quantitative estimate of drug-likeness (QED) is 0.161. The van der Waals surface area contributed by atoms with Crippen molar-refractivity contribution >= 4 is 72.2 Å². The molecule has 0 aliphatic heterocycles. The molecule has 240 valence electrons. The number of rotatable bonds is 6. The first kappa shape index (κ1) is 30.4. The molecule has 9 rings (SSSR count). The molecule has 0 bridgehead atoms. The average Bonchev–Trinajstić information content (AvgIpc) is 3.63. The summed E-state index contributed by atoms with van der Waals surface area (Å²) in [6.45, 7) is 10.9. The fourth-order valence-electron chi connectivity index (χ4n) is 8.09. The van der Waals surface area contributed by atoms with Crippen LogP contribution in [0.5, 0.6) is 0 Å². The number of benzene rings is 7. The van der Waals surface area contributed by atoms with E-state index in [1.165, 1.54) is 81.1 Å². The molecule has 1 aliphatic rings. The SMILES string of the molecule is C=Cc1sc2ccc(-c3ccc(N(c4ccc5ccc6ccccc6c5c4)c4cccc5c4-c4ccccc4C5(C)C)cc3)cc2c1/C=C\C. The van der Waals surface area contributed by atoms with Crippen LogP contribution in [0.1, 0.15) is 42.3 Å². The first-order valence-corrected chi connectivity index (χ1v) is 18.1. The first-order valence-electron chi connectivity index (χ1n) is 17.3. The molecule has 0 saturated carbocycles. The van der Waals surface area contributed by atoms with Crippen molar-refractivity contribution < 1.29 is 0 Å². The zero-order valence-corrected chi connectivity index (χ0v) is 29.4. The van der Waals surface area contributed by atoms with Gasteiger partial charge in [-0.1, -0.05) is 136 Å². The number of allylic oxidation sites excluding steroid dienone is 1. The zero-order chi connectivity index (χ0) is 34.0. The normalized spacial score (nSPS) is 13.3. The number of hydrogen-bond donors (Lipinski definition) is 0. The van der Waals surface area contributed by atoms with E-state index < -0.39 is 0 Å². The van der Waals surface area contributed by atoms with E-state index in [-0.39, 0.29) is 5.41 Å². The molecule has 0 N–H and O–H groups in total. The molecule has 0 amide bonds. The number of thiophene rings is 1. The van der Waals surface area contributed by atoms with E-state index in [1.807, 2.05) is 6.08 Å². The Balaban J connectivity index is 1.24. The number of nitrogens with zero attached hydrogens (tertiary/aromatic N) is 1. The Morgan fingerprint density at radius 1 is 0.620 bits per heavy atom. The second kappa shape index (κ2) is 11.7. The van der Waals surface area contributed by atoms with Crippen molar-refractivity contribution in [1.29, 1.82) is 0 Å². The van der Waals surface area contributed by atoms with Gasteiger partial charge in [0.15, 0.2) is 0 Å². The highest BCUT2D eigenvalue weighted by atomic mass is 32.1. The molecule has 0 spiro atoms. The fourth-order valence-corrected chi connectivity index (χ4v) is 9.11. The molecular weight excluding hydrogens is 623 g/mol. The van der Waals surface area contributed by atoms with Crippen LogP contribution in [0.4, 0.5) is 17.1 Å². The number of hydrogen-bond acceptors (Lipinski definition) is 2. The van der Waals surface area contributed by atoms with Gasteiger partial charge < -0.3 is 4.90 Å². The Labute approximate surface area is 298 Å². The van der Waals surface area contributed by atoms with Gasteiger partial charge in [-0.25, -0.2) is 0 Å². The summed E-state index contributed by atoms with van der Waals surface area (Å²) in [5, 5.41) is 6.30. The van der Waals surface area contributed by atoms with Gasteiger partial charge in [-0.3, -0.25) is 0 Å². The Kier molecular flexibility index (Phi) is 7.12. The third kappa shape index (κ3) is 4.67. The van der Waals surface area contributed by atoms with Gasteiger partial charge in [0.05, 0.1) is 5.69 Å². The van der Waals surface area contributed by atoms with Crippen LogP contribution < -0.4 is 4.90 Å². The van der Waals surface area contributed by atoms with Gasteiger partial charge in [-0.15, -0.1) is 11.3 Å². The van der Waals surface area contributed by atoms with Gasteiger partial charge in [0.2, 0.25) is 0 Å². The topological polar surface area (TPSA) is 3.24 Å². The predicted octanol–water partition coefficient (Wildman–Crippen LogP) is 14.3. The van der Waals surface area contributed by atoms with Crippen LogP contribution in [-0.2, 0) is 5.41 Å². The lowest BCUT2D eigenvalue weighted by Crippen LogP contribution is -2.16. The van der Waals surface area contributed by atoms with Gasteiger partial charge in [-0.05, 0) is 104 Å². The lowest BCUT2D eigenvalue weighted by atomic mass is 9.82. The van der Waals surface area contributed by atoms with Crippen LogP contribution in [0.25, 0.3) is 66.0 Å². The largest absolute Gasteiger partial charge is 0.310 e. The second-order valence-corrected chi connectivity index (χ2v) is 14.8. The molecule has 1 nitrogen and oxygen atoms in total. The highest BCUT2D eigenvalue weighted by Gasteiger charge is 2.37. The lowest BCUT2D eigenvalue weighted by Gasteiger charge is -2.29. The molecule has 1 aromatic heterocycles. The standard InChI is InChI=1S/C48H37NS/c1-5-12-38-41-29-34(24-28-46(41)50-45(38)6-2)31-21-25-35(26-22-31)49(36-27-23-33-20-19-32-13-7-8-14-37(32)40(33)30-36)44-18-11-17-43-47(44)39-15-9-10-16-42(39)48(43,3)4/h5-30H,2H2,1,3-4H3/b12-5-. The maximum Gasteiger partial charge on any atom is 0.0543 e. The van der Waals surface area contributed by atoms with Gasteiger partial charge in [0.25, 0.3) is 0 Å². The molecule has 8 aromatic rings. The van der Waals surface area contributed by atoms with Crippen LogP contribution in [0.2, 0.25) is 0 Å².